The number of piperidine rings is 2. The van der Waals surface area contributed by atoms with Crippen LogP contribution in [0.15, 0.2) is 29.1 Å². The predicted octanol–water partition coefficient (Wildman–Crippen LogP) is 5.13. The van der Waals surface area contributed by atoms with Gasteiger partial charge in [0.15, 0.2) is 11.6 Å². The molecule has 2 saturated carbocycles. The van der Waals surface area contributed by atoms with Gasteiger partial charge in [-0.25, -0.2) is 4.98 Å². The summed E-state index contributed by atoms with van der Waals surface area (Å²) >= 11 is 0. The first kappa shape index (κ1) is 20.6. The van der Waals surface area contributed by atoms with E-state index in [9.17, 15) is 9.59 Å². The third-order valence-corrected chi connectivity index (χ3v) is 9.02. The fourth-order valence-electron chi connectivity index (χ4n) is 7.87. The number of fused-ring (bicyclic) bond motifs is 5. The second-order valence-electron chi connectivity index (χ2n) is 11.0. The molecule has 32 heavy (non-hydrogen) atoms. The number of para-hydroxylation sites is 1. The number of ketones is 1. The van der Waals surface area contributed by atoms with Crippen molar-refractivity contribution in [2.24, 2.45) is 11.8 Å². The standard InChI is InChI=1S/C27H35N3O2/c1-17(31)26-28-25-11-3-2-10-24(25)27(32)30(26)23-15-20-8-5-9-21(16-23)29(20)22-13-18-6-4-7-19(12-18)14-22/h2-3,10-11,18-23H,4-9,12-16H2,1H3/t18-,19+,20-,21+,22?,23+. The molecule has 170 valence electrons. The van der Waals surface area contributed by atoms with Gasteiger partial charge in [-0.1, -0.05) is 37.8 Å². The highest BCUT2D eigenvalue weighted by Gasteiger charge is 2.45. The van der Waals surface area contributed by atoms with Crippen molar-refractivity contribution in [2.75, 3.05) is 0 Å². The lowest BCUT2D eigenvalue weighted by Gasteiger charge is -2.55. The highest BCUT2D eigenvalue weighted by atomic mass is 16.1. The Hall–Kier alpha value is -2.01. The van der Waals surface area contributed by atoms with E-state index < -0.39 is 0 Å². The number of rotatable bonds is 3. The van der Waals surface area contributed by atoms with Crippen LogP contribution in [-0.2, 0) is 0 Å². The minimum atomic E-state index is -0.111. The predicted molar refractivity (Wildman–Crippen MR) is 126 cm³/mol. The van der Waals surface area contributed by atoms with Gasteiger partial charge in [-0.05, 0) is 68.9 Å². The highest BCUT2D eigenvalue weighted by molar-refractivity contribution is 5.92. The molecule has 0 amide bonds. The average Bonchev–Trinajstić information content (AvgIpc) is 2.78. The van der Waals surface area contributed by atoms with E-state index in [0.29, 0.717) is 28.8 Å². The summed E-state index contributed by atoms with van der Waals surface area (Å²) in [6, 6.07) is 9.34. The smallest absolute Gasteiger partial charge is 0.261 e. The largest absolute Gasteiger partial charge is 0.294 e. The van der Waals surface area contributed by atoms with E-state index in [1.165, 1.54) is 57.8 Å². The van der Waals surface area contributed by atoms with E-state index in [-0.39, 0.29) is 17.4 Å². The van der Waals surface area contributed by atoms with Crippen LogP contribution in [0.2, 0.25) is 0 Å². The van der Waals surface area contributed by atoms with Crippen LogP contribution in [-0.4, -0.2) is 38.4 Å². The maximum Gasteiger partial charge on any atom is 0.261 e. The Bertz CT molecular complexity index is 1070. The number of benzene rings is 1. The first-order chi connectivity index (χ1) is 15.6. The van der Waals surface area contributed by atoms with Crippen LogP contribution in [0.4, 0.5) is 0 Å². The van der Waals surface area contributed by atoms with Gasteiger partial charge in [-0.2, -0.15) is 0 Å². The number of aromatic nitrogens is 2. The SMILES string of the molecule is CC(=O)c1nc2ccccc2c(=O)n1[C@H]1C[C@H]2CCC[C@@H](C1)N2C1C[C@H]2CCC[C@@H](C1)C2. The van der Waals surface area contributed by atoms with Crippen LogP contribution in [0, 0.1) is 11.8 Å². The maximum atomic E-state index is 13.5. The van der Waals surface area contributed by atoms with Gasteiger partial charge < -0.3 is 0 Å². The number of Topliss-reactive ketones (excluding diaryl/α,β-unsaturated/α-hetero) is 1. The third-order valence-electron chi connectivity index (χ3n) is 9.02. The minimum absolute atomic E-state index is 0.0375. The third kappa shape index (κ3) is 3.44. The van der Waals surface area contributed by atoms with Gasteiger partial charge in [0.05, 0.1) is 10.9 Å². The van der Waals surface area contributed by atoms with Crippen LogP contribution in [0.3, 0.4) is 0 Å². The number of nitrogens with zero attached hydrogens (tertiary/aromatic N) is 3. The Morgan fingerprint density at radius 3 is 2.19 bits per heavy atom. The molecule has 2 aliphatic carbocycles. The van der Waals surface area contributed by atoms with Crippen molar-refractivity contribution in [1.29, 1.82) is 0 Å². The van der Waals surface area contributed by atoms with Crippen LogP contribution in [0.25, 0.3) is 10.9 Å². The monoisotopic (exact) mass is 433 g/mol. The Morgan fingerprint density at radius 1 is 0.844 bits per heavy atom. The van der Waals surface area contributed by atoms with Crippen molar-refractivity contribution in [3.63, 3.8) is 0 Å². The van der Waals surface area contributed by atoms with Gasteiger partial charge in [0.25, 0.3) is 5.56 Å². The summed E-state index contributed by atoms with van der Waals surface area (Å²) in [6.45, 7) is 1.55. The summed E-state index contributed by atoms with van der Waals surface area (Å²) in [5.74, 6) is 2.10. The molecule has 5 heteroatoms. The van der Waals surface area contributed by atoms with Gasteiger partial charge in [0, 0.05) is 31.1 Å². The molecule has 6 atom stereocenters. The Kier molecular flexibility index (Phi) is 5.20. The maximum absolute atomic E-state index is 13.5. The van der Waals surface area contributed by atoms with Gasteiger partial charge in [-0.3, -0.25) is 19.1 Å². The molecule has 2 aromatic rings. The van der Waals surface area contributed by atoms with Crippen molar-refractivity contribution in [1.82, 2.24) is 14.5 Å². The summed E-state index contributed by atoms with van der Waals surface area (Å²) < 4.78 is 1.78. The van der Waals surface area contributed by atoms with Crippen LogP contribution in [0.1, 0.15) is 94.2 Å². The van der Waals surface area contributed by atoms with Crippen molar-refractivity contribution in [2.45, 2.75) is 102 Å². The molecule has 6 rings (SSSR count). The summed E-state index contributed by atoms with van der Waals surface area (Å²) in [4.78, 5) is 33.6. The lowest BCUT2D eigenvalue weighted by atomic mass is 9.68. The van der Waals surface area contributed by atoms with Crippen LogP contribution >= 0.6 is 0 Å². The zero-order valence-corrected chi connectivity index (χ0v) is 19.2. The quantitative estimate of drug-likeness (QED) is 0.630. The molecule has 0 spiro atoms. The molecule has 3 heterocycles. The van der Waals surface area contributed by atoms with Crippen LogP contribution in [0.5, 0.6) is 0 Å². The first-order valence-electron chi connectivity index (χ1n) is 12.9. The molecule has 2 saturated heterocycles. The van der Waals surface area contributed by atoms with Crippen LogP contribution < -0.4 is 5.56 Å². The number of carbonyl (C=O) groups excluding carboxylic acids is 1. The van der Waals surface area contributed by atoms with E-state index in [4.69, 9.17) is 0 Å². The molecule has 1 aromatic heterocycles. The average molecular weight is 434 g/mol. The van der Waals surface area contributed by atoms with Gasteiger partial charge >= 0.3 is 0 Å². The molecular formula is C27H35N3O2. The molecule has 2 aliphatic heterocycles. The minimum Gasteiger partial charge on any atom is -0.294 e. The van der Waals surface area contributed by atoms with Gasteiger partial charge in [-0.15, -0.1) is 0 Å². The summed E-state index contributed by atoms with van der Waals surface area (Å²) in [6.07, 6.45) is 14.2. The Morgan fingerprint density at radius 2 is 1.50 bits per heavy atom. The number of hydrogen-bond donors (Lipinski definition) is 0. The van der Waals surface area contributed by atoms with Crippen molar-refractivity contribution < 1.29 is 4.79 Å². The molecule has 0 N–H and O–H groups in total. The lowest BCUT2D eigenvalue weighted by Crippen LogP contribution is -2.58. The summed E-state index contributed by atoms with van der Waals surface area (Å²) in [7, 11) is 0. The second kappa shape index (κ2) is 8.09. The van der Waals surface area contributed by atoms with E-state index in [1.54, 1.807) is 11.5 Å². The zero-order valence-electron chi connectivity index (χ0n) is 19.2. The Labute approximate surface area is 190 Å². The van der Waals surface area contributed by atoms with Gasteiger partial charge in [0.1, 0.15) is 0 Å². The number of carbonyl (C=O) groups is 1. The zero-order chi connectivity index (χ0) is 21.8. The summed E-state index contributed by atoms with van der Waals surface area (Å²) in [5.41, 5.74) is 0.592. The van der Waals surface area contributed by atoms with E-state index in [0.717, 1.165) is 30.7 Å². The first-order valence-corrected chi connectivity index (χ1v) is 12.9. The molecule has 4 bridgehead atoms. The van der Waals surface area contributed by atoms with Crippen molar-refractivity contribution in [3.8, 4) is 0 Å². The van der Waals surface area contributed by atoms with E-state index >= 15 is 0 Å². The Balaban J connectivity index is 1.34. The molecular weight excluding hydrogens is 398 g/mol. The molecule has 0 radical (unpaired) electrons. The second-order valence-corrected chi connectivity index (χ2v) is 11.0. The van der Waals surface area contributed by atoms with E-state index in [1.807, 2.05) is 24.3 Å². The molecule has 5 nitrogen and oxygen atoms in total. The normalized spacial score (nSPS) is 35.0. The molecule has 4 fully saturated rings. The fourth-order valence-corrected chi connectivity index (χ4v) is 7.87. The summed E-state index contributed by atoms with van der Waals surface area (Å²) in [5, 5.41) is 0.630. The highest BCUT2D eigenvalue weighted by Crippen LogP contribution is 2.47. The lowest BCUT2D eigenvalue weighted by molar-refractivity contribution is -0.0493. The van der Waals surface area contributed by atoms with Gasteiger partial charge in [0.2, 0.25) is 0 Å². The number of hydrogen-bond acceptors (Lipinski definition) is 4. The molecule has 1 aromatic carbocycles. The van der Waals surface area contributed by atoms with Crippen molar-refractivity contribution >= 4 is 16.7 Å². The van der Waals surface area contributed by atoms with E-state index in [2.05, 4.69) is 9.88 Å². The topological polar surface area (TPSA) is 55.2 Å². The fraction of sp³-hybridized carbons (Fsp3) is 0.667. The van der Waals surface area contributed by atoms with Crippen molar-refractivity contribution in [3.05, 3.63) is 40.4 Å². The molecule has 1 unspecified atom stereocenters. The molecule has 4 aliphatic rings.